The zero-order valence-corrected chi connectivity index (χ0v) is 37.6. The van der Waals surface area contributed by atoms with E-state index in [0.717, 1.165) is 0 Å². The molecule has 4 rings (SSSR count). The molecule has 0 saturated heterocycles. The molecule has 0 atom stereocenters. The minimum Gasteiger partial charge on any atom is -0.491 e. The molecule has 364 valence electrons. The molecular formula is C49H66O17. The second kappa shape index (κ2) is 32.9. The Bertz CT molecular complexity index is 1790. The second-order valence-electron chi connectivity index (χ2n) is 14.2. The maximum Gasteiger partial charge on any atom is 0.194 e. The minimum atomic E-state index is -0.312. The summed E-state index contributed by atoms with van der Waals surface area (Å²) in [5, 5.41) is 55.5. The number of aliphatic hydroxyl groups is 6. The van der Waals surface area contributed by atoms with Gasteiger partial charge in [0.15, 0.2) is 5.78 Å². The number of ether oxygens (including phenoxy) is 10. The molecule has 0 aliphatic heterocycles. The molecule has 0 fully saturated rings. The van der Waals surface area contributed by atoms with Crippen molar-refractivity contribution in [2.75, 3.05) is 145 Å². The number of carbonyl (C=O) groups is 1. The van der Waals surface area contributed by atoms with E-state index in [4.69, 9.17) is 57.6 Å². The molecule has 0 bridgehead atoms. The molecule has 0 aromatic heterocycles. The first kappa shape index (κ1) is 53.9. The summed E-state index contributed by atoms with van der Waals surface area (Å²) in [6.07, 6.45) is 0.614. The Morgan fingerprint density at radius 3 is 0.955 bits per heavy atom. The lowest BCUT2D eigenvalue weighted by Crippen LogP contribution is -2.15. The highest BCUT2D eigenvalue weighted by Gasteiger charge is 2.27. The van der Waals surface area contributed by atoms with E-state index in [2.05, 4.69) is 0 Å². The lowest BCUT2D eigenvalue weighted by Gasteiger charge is -2.22. The highest BCUT2D eigenvalue weighted by atomic mass is 16.5. The SMILES string of the molecule is O=C(c1ccc(OCCOCCO)c(CCOCCO)c1-c1ccc(OCCOCCO)cc1)c1ccc(OCCOCCO)c(CCOCCO)c1-c1ccc(OCCOCCO)cc1. The first-order chi connectivity index (χ1) is 32.5. The molecule has 0 saturated carbocycles. The van der Waals surface area contributed by atoms with Crippen molar-refractivity contribution in [3.8, 4) is 45.3 Å². The molecule has 4 aromatic rings. The predicted molar refractivity (Wildman–Crippen MR) is 244 cm³/mol. The van der Waals surface area contributed by atoms with Gasteiger partial charge in [0, 0.05) is 35.1 Å². The van der Waals surface area contributed by atoms with Gasteiger partial charge in [0.2, 0.25) is 0 Å². The molecule has 17 heteroatoms. The number of aliphatic hydroxyl groups excluding tert-OH is 6. The molecule has 17 nitrogen and oxygen atoms in total. The fraction of sp³-hybridized carbons (Fsp3) is 0.490. The van der Waals surface area contributed by atoms with Gasteiger partial charge in [0.05, 0.1) is 119 Å². The van der Waals surface area contributed by atoms with Gasteiger partial charge in [-0.2, -0.15) is 0 Å². The Morgan fingerprint density at radius 1 is 0.333 bits per heavy atom. The average molecular weight is 927 g/mol. The molecule has 0 spiro atoms. The van der Waals surface area contributed by atoms with Gasteiger partial charge >= 0.3 is 0 Å². The van der Waals surface area contributed by atoms with Crippen molar-refractivity contribution in [2.45, 2.75) is 12.8 Å². The Hall–Kier alpha value is -4.73. The van der Waals surface area contributed by atoms with Crippen molar-refractivity contribution < 1.29 is 82.8 Å². The van der Waals surface area contributed by atoms with Crippen LogP contribution < -0.4 is 18.9 Å². The van der Waals surface area contributed by atoms with Crippen LogP contribution in [0.4, 0.5) is 0 Å². The summed E-state index contributed by atoms with van der Waals surface area (Å²) >= 11 is 0. The van der Waals surface area contributed by atoms with Gasteiger partial charge in [-0.3, -0.25) is 4.79 Å². The minimum absolute atomic E-state index is 0.0897. The van der Waals surface area contributed by atoms with Crippen molar-refractivity contribution in [3.05, 3.63) is 95.1 Å². The zero-order valence-electron chi connectivity index (χ0n) is 37.6. The molecule has 66 heavy (non-hydrogen) atoms. The van der Waals surface area contributed by atoms with E-state index in [0.29, 0.717) is 80.3 Å². The van der Waals surface area contributed by atoms with Crippen LogP contribution >= 0.6 is 0 Å². The van der Waals surface area contributed by atoms with Gasteiger partial charge in [-0.15, -0.1) is 0 Å². The molecule has 0 unspecified atom stereocenters. The van der Waals surface area contributed by atoms with Gasteiger partial charge in [-0.25, -0.2) is 0 Å². The lowest BCUT2D eigenvalue weighted by atomic mass is 9.84. The van der Waals surface area contributed by atoms with Gasteiger partial charge in [-0.1, -0.05) is 24.3 Å². The monoisotopic (exact) mass is 926 g/mol. The van der Waals surface area contributed by atoms with Crippen LogP contribution in [0.3, 0.4) is 0 Å². The van der Waals surface area contributed by atoms with Crippen LogP contribution in [-0.4, -0.2) is 182 Å². The topological polar surface area (TPSA) is 231 Å². The van der Waals surface area contributed by atoms with Crippen molar-refractivity contribution >= 4 is 5.78 Å². The summed E-state index contributed by atoms with van der Waals surface area (Å²) in [4.78, 5) is 15.6. The van der Waals surface area contributed by atoms with E-state index in [9.17, 15) is 20.4 Å². The number of ketones is 1. The van der Waals surface area contributed by atoms with Crippen LogP contribution in [0.15, 0.2) is 72.8 Å². The number of benzene rings is 4. The molecule has 0 heterocycles. The summed E-state index contributed by atoms with van der Waals surface area (Å²) in [5.74, 6) is 1.81. The van der Waals surface area contributed by atoms with Crippen LogP contribution in [0.25, 0.3) is 22.3 Å². The number of hydrogen-bond donors (Lipinski definition) is 6. The fourth-order valence-electron chi connectivity index (χ4n) is 6.85. The van der Waals surface area contributed by atoms with Gasteiger partial charge in [0.25, 0.3) is 0 Å². The second-order valence-corrected chi connectivity index (χ2v) is 14.2. The highest BCUT2D eigenvalue weighted by Crippen LogP contribution is 2.41. The van der Waals surface area contributed by atoms with E-state index in [1.54, 1.807) is 48.5 Å². The molecular weight excluding hydrogens is 861 g/mol. The van der Waals surface area contributed by atoms with Crippen molar-refractivity contribution in [1.29, 1.82) is 0 Å². The third-order valence-electron chi connectivity index (χ3n) is 9.68. The van der Waals surface area contributed by atoms with Crippen molar-refractivity contribution in [3.63, 3.8) is 0 Å². The van der Waals surface area contributed by atoms with Crippen LogP contribution in [0.5, 0.6) is 23.0 Å². The van der Waals surface area contributed by atoms with E-state index >= 15 is 4.79 Å². The standard InChI is InChI=1S/C49H66O17/c50-15-23-57-21-13-41-45(65-35-31-61-27-19-54)11-9-43(47(41)37-1-5-39(6-2-37)63-33-29-59-25-17-52)49(56)44-10-12-46(66-36-32-62-28-20-55)42(14-22-58-24-16-51)48(44)38-3-7-40(8-4-38)64-34-30-60-26-18-53/h1-12,50-55H,13-36H2. The van der Waals surface area contributed by atoms with Crippen LogP contribution in [-0.2, 0) is 41.3 Å². The van der Waals surface area contributed by atoms with E-state index in [1.165, 1.54) is 0 Å². The third-order valence-corrected chi connectivity index (χ3v) is 9.68. The predicted octanol–water partition coefficient (Wildman–Crippen LogP) is 2.91. The van der Waals surface area contributed by atoms with Crippen LogP contribution in [0.1, 0.15) is 27.0 Å². The molecule has 4 aromatic carbocycles. The molecule has 6 N–H and O–H groups in total. The first-order valence-electron chi connectivity index (χ1n) is 22.2. The van der Waals surface area contributed by atoms with E-state index in [1.807, 2.05) is 24.3 Å². The maximum atomic E-state index is 15.6. The lowest BCUT2D eigenvalue weighted by molar-refractivity contribution is 0.0699. The molecule has 0 aliphatic carbocycles. The zero-order chi connectivity index (χ0) is 47.0. The third kappa shape index (κ3) is 18.2. The Labute approximate surface area is 386 Å². The average Bonchev–Trinajstić information content (AvgIpc) is 3.34. The largest absolute Gasteiger partial charge is 0.491 e. The molecule has 0 aliphatic rings. The number of rotatable bonds is 38. The summed E-state index contributed by atoms with van der Waals surface area (Å²) in [7, 11) is 0. The Morgan fingerprint density at radius 2 is 0.636 bits per heavy atom. The summed E-state index contributed by atoms with van der Waals surface area (Å²) < 4.78 is 57.5. The summed E-state index contributed by atoms with van der Waals surface area (Å²) in [6, 6.07) is 21.6. The van der Waals surface area contributed by atoms with Gasteiger partial charge in [-0.05, 0) is 70.8 Å². The highest BCUT2D eigenvalue weighted by molar-refractivity contribution is 6.17. The van der Waals surface area contributed by atoms with E-state index in [-0.39, 0.29) is 151 Å². The van der Waals surface area contributed by atoms with Gasteiger partial charge < -0.3 is 78.0 Å². The molecule has 0 radical (unpaired) electrons. The van der Waals surface area contributed by atoms with Crippen molar-refractivity contribution in [2.24, 2.45) is 0 Å². The Balaban J connectivity index is 1.90. The smallest absolute Gasteiger partial charge is 0.194 e. The maximum absolute atomic E-state index is 15.6. The van der Waals surface area contributed by atoms with Crippen molar-refractivity contribution in [1.82, 2.24) is 0 Å². The van der Waals surface area contributed by atoms with E-state index < -0.39 is 0 Å². The van der Waals surface area contributed by atoms with Crippen LogP contribution in [0.2, 0.25) is 0 Å². The fourth-order valence-corrected chi connectivity index (χ4v) is 6.85. The Kier molecular flexibility index (Phi) is 26.8. The summed E-state index contributed by atoms with van der Waals surface area (Å²) in [5.41, 5.74) is 4.63. The first-order valence-corrected chi connectivity index (χ1v) is 22.2. The molecule has 0 amide bonds. The van der Waals surface area contributed by atoms with Gasteiger partial charge in [0.1, 0.15) is 49.4 Å². The quantitative estimate of drug-likeness (QED) is 0.0280. The number of carbonyl (C=O) groups excluding carboxylic acids is 1. The van der Waals surface area contributed by atoms with Crippen LogP contribution in [0, 0.1) is 0 Å². The summed E-state index contributed by atoms with van der Waals surface area (Å²) in [6.45, 7) is 2.43. The normalized spacial score (nSPS) is 11.2. The number of hydrogen-bond acceptors (Lipinski definition) is 17.